The summed E-state index contributed by atoms with van der Waals surface area (Å²) in [6.07, 6.45) is 1.80. The van der Waals surface area contributed by atoms with E-state index in [2.05, 4.69) is 0 Å². The quantitative estimate of drug-likeness (QED) is 0.118. The lowest BCUT2D eigenvalue weighted by molar-refractivity contribution is 0.424. The molecule has 8 heteroatoms. The molecule has 8 nitrogen and oxygen atoms in total. The molecule has 0 aliphatic heterocycles. The van der Waals surface area contributed by atoms with E-state index in [0.717, 1.165) is 0 Å². The fourth-order valence-corrected chi connectivity index (χ4v) is 7.11. The van der Waals surface area contributed by atoms with E-state index in [1.165, 1.54) is 24.3 Å². The van der Waals surface area contributed by atoms with Gasteiger partial charge < -0.3 is 40.9 Å². The van der Waals surface area contributed by atoms with E-state index in [1.807, 2.05) is 27.7 Å². The third kappa shape index (κ3) is 4.98. The molecule has 1 aliphatic rings. The minimum atomic E-state index is -0.547. The molecule has 44 heavy (non-hydrogen) atoms. The number of fused-ring (bicyclic) bond motifs is 8. The van der Waals surface area contributed by atoms with Gasteiger partial charge in [0.15, 0.2) is 0 Å². The highest BCUT2D eigenvalue weighted by Crippen LogP contribution is 2.51. The molecule has 0 atom stereocenters. The number of hydrogen-bond donors (Lipinski definition) is 8. The van der Waals surface area contributed by atoms with Crippen LogP contribution in [0.25, 0.3) is 0 Å². The number of rotatable bonds is 4. The molecule has 0 saturated heterocycles. The third-order valence-corrected chi connectivity index (χ3v) is 9.34. The second kappa shape index (κ2) is 11.8. The van der Waals surface area contributed by atoms with Crippen molar-refractivity contribution in [2.45, 2.75) is 77.0 Å². The molecule has 8 N–H and O–H groups in total. The number of hydrogen-bond acceptors (Lipinski definition) is 8. The molecule has 0 amide bonds. The summed E-state index contributed by atoms with van der Waals surface area (Å²) in [5.74, 6) is -3.54. The first-order chi connectivity index (χ1) is 20.9. The van der Waals surface area contributed by atoms with Gasteiger partial charge in [-0.3, -0.25) is 0 Å². The van der Waals surface area contributed by atoms with Gasteiger partial charge in [0.2, 0.25) is 0 Å². The van der Waals surface area contributed by atoms with Gasteiger partial charge in [0.25, 0.3) is 0 Å². The molecular formula is C36H40O8. The molecule has 0 fully saturated rings. The van der Waals surface area contributed by atoms with E-state index in [4.69, 9.17) is 0 Å². The monoisotopic (exact) mass is 600 g/mol. The maximum absolute atomic E-state index is 11.1. The molecule has 0 spiro atoms. The summed E-state index contributed by atoms with van der Waals surface area (Å²) in [7, 11) is 0. The van der Waals surface area contributed by atoms with Gasteiger partial charge >= 0.3 is 0 Å². The molecule has 8 bridgehead atoms. The maximum atomic E-state index is 11.1. The summed E-state index contributed by atoms with van der Waals surface area (Å²) >= 11 is 0. The number of phenols is 8. The van der Waals surface area contributed by atoms with E-state index in [9.17, 15) is 40.9 Å². The zero-order valence-corrected chi connectivity index (χ0v) is 25.3. The largest absolute Gasteiger partial charge is 0.508 e. The second-order valence-corrected chi connectivity index (χ2v) is 11.7. The molecule has 4 aromatic carbocycles. The minimum Gasteiger partial charge on any atom is -0.508 e. The Bertz CT molecular complexity index is 1370. The number of benzene rings is 4. The van der Waals surface area contributed by atoms with Crippen LogP contribution in [-0.4, -0.2) is 40.9 Å². The summed E-state index contributed by atoms with van der Waals surface area (Å²) in [5, 5.41) is 88.7. The zero-order chi connectivity index (χ0) is 32.0. The Hall–Kier alpha value is -4.72. The SMILES string of the molecule is CCC1c2cc(c(O)cc2O)C(CC)c2cc(c(O)cc2O)C(CC)c2cc(c(O)cc2O)C(CC)c2cc1c(O)cc2O. The topological polar surface area (TPSA) is 162 Å². The zero-order valence-electron chi connectivity index (χ0n) is 25.3. The van der Waals surface area contributed by atoms with Crippen molar-refractivity contribution in [2.75, 3.05) is 0 Å². The van der Waals surface area contributed by atoms with Crippen LogP contribution in [0.15, 0.2) is 48.5 Å². The van der Waals surface area contributed by atoms with Gasteiger partial charge in [0.1, 0.15) is 46.0 Å². The lowest BCUT2D eigenvalue weighted by Gasteiger charge is -2.28. The van der Waals surface area contributed by atoms with Crippen LogP contribution in [0.4, 0.5) is 0 Å². The van der Waals surface area contributed by atoms with Crippen molar-refractivity contribution >= 4 is 0 Å². The van der Waals surface area contributed by atoms with Gasteiger partial charge in [-0.2, -0.15) is 0 Å². The van der Waals surface area contributed by atoms with Gasteiger partial charge in [-0.1, -0.05) is 27.7 Å². The molecule has 0 aromatic heterocycles. The molecule has 4 aromatic rings. The highest BCUT2D eigenvalue weighted by atomic mass is 16.3. The highest BCUT2D eigenvalue weighted by molar-refractivity contribution is 5.61. The summed E-state index contributed by atoms with van der Waals surface area (Å²) in [6.45, 7) is 7.60. The van der Waals surface area contributed by atoms with Gasteiger partial charge in [0, 0.05) is 92.4 Å². The van der Waals surface area contributed by atoms with Gasteiger partial charge in [-0.05, 0) is 49.9 Å². The molecular weight excluding hydrogens is 560 g/mol. The summed E-state index contributed by atoms with van der Waals surface area (Å²) in [4.78, 5) is 0. The van der Waals surface area contributed by atoms with Crippen molar-refractivity contribution in [1.82, 2.24) is 0 Å². The van der Waals surface area contributed by atoms with Crippen LogP contribution >= 0.6 is 0 Å². The lowest BCUT2D eigenvalue weighted by atomic mass is 9.78. The minimum absolute atomic E-state index is 0.169. The highest BCUT2D eigenvalue weighted by Gasteiger charge is 2.31. The average Bonchev–Trinajstić information content (AvgIpc) is 2.97. The maximum Gasteiger partial charge on any atom is 0.123 e. The lowest BCUT2D eigenvalue weighted by Crippen LogP contribution is -2.10. The van der Waals surface area contributed by atoms with Crippen molar-refractivity contribution < 1.29 is 40.9 Å². The first-order valence-electron chi connectivity index (χ1n) is 15.2. The molecule has 0 radical (unpaired) electrons. The van der Waals surface area contributed by atoms with Crippen molar-refractivity contribution in [2.24, 2.45) is 0 Å². The average molecular weight is 601 g/mol. The fraction of sp³-hybridized carbons (Fsp3) is 0.333. The first-order valence-corrected chi connectivity index (χ1v) is 15.2. The van der Waals surface area contributed by atoms with Crippen LogP contribution in [0.1, 0.15) is 122 Å². The molecule has 232 valence electrons. The van der Waals surface area contributed by atoms with E-state index < -0.39 is 23.7 Å². The van der Waals surface area contributed by atoms with Crippen LogP contribution < -0.4 is 0 Å². The second-order valence-electron chi connectivity index (χ2n) is 11.7. The van der Waals surface area contributed by atoms with Crippen LogP contribution in [0.5, 0.6) is 46.0 Å². The summed E-state index contributed by atoms with van der Waals surface area (Å²) in [5.41, 5.74) is 3.60. The van der Waals surface area contributed by atoms with E-state index in [-0.39, 0.29) is 46.0 Å². The van der Waals surface area contributed by atoms with Crippen molar-refractivity contribution in [3.05, 3.63) is 93.0 Å². The Labute approximate surface area is 256 Å². The van der Waals surface area contributed by atoms with Gasteiger partial charge in [-0.25, -0.2) is 0 Å². The fourth-order valence-electron chi connectivity index (χ4n) is 7.11. The van der Waals surface area contributed by atoms with E-state index in [0.29, 0.717) is 70.2 Å². The molecule has 0 saturated carbocycles. The standard InChI is InChI=1S/C36H40O8/c1-5-17-21-9-23(31(39)13-29(21)37)18(6-2)25-11-27(35(43)15-33(25)41)20(8-4)28-12-26(34(42)16-36(28)44)19(7-3)24-10-22(17)30(38)14-32(24)40/h9-20,37-44H,5-8H2,1-4H3. The van der Waals surface area contributed by atoms with Gasteiger partial charge in [0.05, 0.1) is 0 Å². The van der Waals surface area contributed by atoms with Crippen LogP contribution in [0, 0.1) is 0 Å². The van der Waals surface area contributed by atoms with E-state index >= 15 is 0 Å². The summed E-state index contributed by atoms with van der Waals surface area (Å²) in [6, 6.07) is 11.8. The molecule has 5 rings (SSSR count). The Balaban J connectivity index is 1.94. The van der Waals surface area contributed by atoms with Gasteiger partial charge in [-0.15, -0.1) is 0 Å². The molecule has 0 heterocycles. The molecule has 0 unspecified atom stereocenters. The predicted molar refractivity (Wildman–Crippen MR) is 168 cm³/mol. The van der Waals surface area contributed by atoms with Crippen molar-refractivity contribution in [3.8, 4) is 46.0 Å². The normalized spacial score (nSPS) is 19.5. The van der Waals surface area contributed by atoms with Crippen LogP contribution in [0.2, 0.25) is 0 Å². The Morgan fingerprint density at radius 3 is 0.545 bits per heavy atom. The summed E-state index contributed by atoms with van der Waals surface area (Å²) < 4.78 is 0. The smallest absolute Gasteiger partial charge is 0.123 e. The number of aromatic hydroxyl groups is 8. The van der Waals surface area contributed by atoms with Crippen molar-refractivity contribution in [1.29, 1.82) is 0 Å². The van der Waals surface area contributed by atoms with Crippen molar-refractivity contribution in [3.63, 3.8) is 0 Å². The van der Waals surface area contributed by atoms with Crippen LogP contribution in [-0.2, 0) is 0 Å². The third-order valence-electron chi connectivity index (χ3n) is 9.34. The Morgan fingerprint density at radius 1 is 0.295 bits per heavy atom. The van der Waals surface area contributed by atoms with E-state index in [1.54, 1.807) is 24.3 Å². The van der Waals surface area contributed by atoms with Crippen LogP contribution in [0.3, 0.4) is 0 Å². The Kier molecular flexibility index (Phi) is 8.21. The molecule has 1 aliphatic carbocycles. The predicted octanol–water partition coefficient (Wildman–Crippen LogP) is 7.81. The number of phenolic OH excluding ortho intramolecular Hbond substituents is 8. The Morgan fingerprint density at radius 2 is 0.432 bits per heavy atom. The first kappa shape index (κ1) is 30.7.